The number of aromatic nitrogens is 2. The van der Waals surface area contributed by atoms with Crippen LogP contribution in [-0.4, -0.2) is 62.4 Å². The molecular formula is C36H49N5O7. The highest BCUT2D eigenvalue weighted by atomic mass is 16.6. The van der Waals surface area contributed by atoms with Gasteiger partial charge < -0.3 is 30.2 Å². The van der Waals surface area contributed by atoms with E-state index < -0.39 is 52.8 Å². The number of ether oxygens (including phenoxy) is 3. The molecule has 0 aliphatic carbocycles. The molecule has 3 aromatic rings. The monoisotopic (exact) mass is 663 g/mol. The zero-order valence-corrected chi connectivity index (χ0v) is 29.4. The summed E-state index contributed by atoms with van der Waals surface area (Å²) in [7, 11) is 0. The predicted octanol–water partition coefficient (Wildman–Crippen LogP) is 5.32. The van der Waals surface area contributed by atoms with Crippen LogP contribution in [0.3, 0.4) is 0 Å². The van der Waals surface area contributed by atoms with Crippen LogP contribution in [0.15, 0.2) is 67.1 Å². The van der Waals surface area contributed by atoms with Crippen LogP contribution in [0.2, 0.25) is 0 Å². The molecule has 3 rings (SSSR count). The van der Waals surface area contributed by atoms with Gasteiger partial charge in [0.2, 0.25) is 11.8 Å². The number of nitrogens with one attached hydrogen (secondary N) is 3. The van der Waals surface area contributed by atoms with E-state index in [4.69, 9.17) is 14.2 Å². The van der Waals surface area contributed by atoms with E-state index in [0.717, 1.165) is 15.7 Å². The van der Waals surface area contributed by atoms with Crippen LogP contribution in [-0.2, 0) is 38.5 Å². The van der Waals surface area contributed by atoms with Crippen molar-refractivity contribution in [3.8, 4) is 5.75 Å². The van der Waals surface area contributed by atoms with Gasteiger partial charge in [-0.15, -0.1) is 0 Å². The lowest BCUT2D eigenvalue weighted by molar-refractivity contribution is -0.130. The van der Waals surface area contributed by atoms with Gasteiger partial charge in [-0.05, 0) is 85.6 Å². The van der Waals surface area contributed by atoms with Gasteiger partial charge in [0.1, 0.15) is 42.0 Å². The third kappa shape index (κ3) is 13.5. The van der Waals surface area contributed by atoms with E-state index in [-0.39, 0.29) is 12.8 Å². The van der Waals surface area contributed by atoms with Gasteiger partial charge in [0.25, 0.3) is 0 Å². The van der Waals surface area contributed by atoms with Gasteiger partial charge in [-0.1, -0.05) is 42.5 Å². The Hall–Kier alpha value is -4.87. The summed E-state index contributed by atoms with van der Waals surface area (Å²) in [4.78, 5) is 56.9. The standard InChI is InChI=1S/C36H49N5O7/c1-34(2,3)40-31(43)28(19-24-15-17-27(18-16-24)46-22-25-13-11-10-12-14-25)38-30(42)29(39-32(44)47-35(4,5)6)20-26-21-41(23-37-26)33(45)48-36(7,8)9/h10-18,21,23,28-29H,19-20,22H2,1-9H3,(H,38,42)(H,39,44)(H,40,43). The van der Waals surface area contributed by atoms with E-state index in [1.54, 1.807) is 41.5 Å². The Labute approximate surface area is 282 Å². The van der Waals surface area contributed by atoms with Crippen molar-refractivity contribution < 1.29 is 33.4 Å². The number of hydrogen-bond acceptors (Lipinski definition) is 8. The number of alkyl carbamates (subject to hydrolysis) is 1. The van der Waals surface area contributed by atoms with Gasteiger partial charge in [-0.2, -0.15) is 0 Å². The average Bonchev–Trinajstić information content (AvgIpc) is 3.43. The lowest BCUT2D eigenvalue weighted by Gasteiger charge is -2.27. The first kappa shape index (κ1) is 37.6. The van der Waals surface area contributed by atoms with Crippen molar-refractivity contribution in [2.45, 2.75) is 111 Å². The topological polar surface area (TPSA) is 150 Å². The maximum Gasteiger partial charge on any atom is 0.419 e. The van der Waals surface area contributed by atoms with Crippen LogP contribution in [0.25, 0.3) is 0 Å². The van der Waals surface area contributed by atoms with Gasteiger partial charge in [0.05, 0.1) is 5.69 Å². The molecule has 0 aliphatic heterocycles. The maximum absolute atomic E-state index is 13.8. The highest BCUT2D eigenvalue weighted by molar-refractivity contribution is 5.92. The van der Waals surface area contributed by atoms with Gasteiger partial charge >= 0.3 is 12.2 Å². The number of benzene rings is 2. The minimum Gasteiger partial charge on any atom is -0.489 e. The van der Waals surface area contributed by atoms with Gasteiger partial charge in [-0.3, -0.25) is 9.59 Å². The van der Waals surface area contributed by atoms with Crippen LogP contribution < -0.4 is 20.7 Å². The maximum atomic E-state index is 13.8. The number of imidazole rings is 1. The highest BCUT2D eigenvalue weighted by Gasteiger charge is 2.31. The van der Waals surface area contributed by atoms with Crippen LogP contribution in [0.1, 0.15) is 79.1 Å². The quantitative estimate of drug-likeness (QED) is 0.250. The van der Waals surface area contributed by atoms with Crippen molar-refractivity contribution in [2.75, 3.05) is 0 Å². The van der Waals surface area contributed by atoms with Gasteiger partial charge in [0.15, 0.2) is 0 Å². The molecule has 0 aliphatic rings. The summed E-state index contributed by atoms with van der Waals surface area (Å²) >= 11 is 0. The molecule has 12 heteroatoms. The molecule has 0 saturated carbocycles. The molecule has 48 heavy (non-hydrogen) atoms. The molecule has 260 valence electrons. The molecule has 1 aromatic heterocycles. The van der Waals surface area contributed by atoms with E-state index in [0.29, 0.717) is 18.1 Å². The first-order chi connectivity index (χ1) is 22.3. The second kappa shape index (κ2) is 15.8. The summed E-state index contributed by atoms with van der Waals surface area (Å²) < 4.78 is 17.8. The number of amides is 3. The van der Waals surface area contributed by atoms with Crippen molar-refractivity contribution >= 4 is 24.0 Å². The summed E-state index contributed by atoms with van der Waals surface area (Å²) in [5.41, 5.74) is 0.0330. The summed E-state index contributed by atoms with van der Waals surface area (Å²) in [6, 6.07) is 14.9. The van der Waals surface area contributed by atoms with Crippen molar-refractivity contribution in [1.29, 1.82) is 0 Å². The lowest BCUT2D eigenvalue weighted by Crippen LogP contribution is -2.57. The van der Waals surface area contributed by atoms with Crippen LogP contribution >= 0.6 is 0 Å². The van der Waals surface area contributed by atoms with Crippen molar-refractivity contribution in [1.82, 2.24) is 25.5 Å². The Morgan fingerprint density at radius 2 is 1.33 bits per heavy atom. The third-order valence-electron chi connectivity index (χ3n) is 6.40. The molecule has 0 saturated heterocycles. The van der Waals surface area contributed by atoms with Crippen molar-refractivity contribution in [3.63, 3.8) is 0 Å². The first-order valence-corrected chi connectivity index (χ1v) is 15.9. The van der Waals surface area contributed by atoms with Crippen LogP contribution in [0.5, 0.6) is 5.75 Å². The van der Waals surface area contributed by atoms with E-state index in [1.165, 1.54) is 12.5 Å². The molecule has 12 nitrogen and oxygen atoms in total. The molecule has 0 spiro atoms. The normalized spacial score (nSPS) is 13.1. The molecule has 3 N–H and O–H groups in total. The number of rotatable bonds is 11. The van der Waals surface area contributed by atoms with Crippen LogP contribution in [0, 0.1) is 0 Å². The Morgan fingerprint density at radius 3 is 1.92 bits per heavy atom. The minimum absolute atomic E-state index is 0.0953. The van der Waals surface area contributed by atoms with Gasteiger partial charge in [0, 0.05) is 24.6 Å². The zero-order chi connectivity index (χ0) is 35.7. The van der Waals surface area contributed by atoms with Crippen molar-refractivity contribution in [2.24, 2.45) is 0 Å². The molecule has 3 amide bonds. The number of nitrogens with zero attached hydrogens (tertiary/aromatic N) is 2. The molecule has 0 radical (unpaired) electrons. The molecule has 2 aromatic carbocycles. The summed E-state index contributed by atoms with van der Waals surface area (Å²) in [6.07, 6.45) is 1.31. The van der Waals surface area contributed by atoms with E-state index in [2.05, 4.69) is 20.9 Å². The zero-order valence-electron chi connectivity index (χ0n) is 29.4. The second-order valence-electron chi connectivity index (χ2n) is 14.6. The molecule has 0 fully saturated rings. The van der Waals surface area contributed by atoms with Gasteiger partial charge in [-0.25, -0.2) is 19.1 Å². The Balaban J connectivity index is 1.81. The summed E-state index contributed by atoms with van der Waals surface area (Å²) in [6.45, 7) is 16.3. The fraction of sp³-hybridized carbons (Fsp3) is 0.472. The number of hydrogen-bond donors (Lipinski definition) is 3. The summed E-state index contributed by atoms with van der Waals surface area (Å²) in [5.74, 6) is -0.371. The Morgan fingerprint density at radius 1 is 0.729 bits per heavy atom. The molecule has 2 atom stereocenters. The lowest BCUT2D eigenvalue weighted by atomic mass is 10.0. The van der Waals surface area contributed by atoms with E-state index in [9.17, 15) is 19.2 Å². The van der Waals surface area contributed by atoms with E-state index in [1.807, 2.05) is 75.4 Å². The first-order valence-electron chi connectivity index (χ1n) is 15.9. The number of carbonyl (C=O) groups excluding carboxylic acids is 4. The molecule has 1 heterocycles. The third-order valence-corrected chi connectivity index (χ3v) is 6.40. The summed E-state index contributed by atoms with van der Waals surface area (Å²) in [5, 5.41) is 8.35. The highest BCUT2D eigenvalue weighted by Crippen LogP contribution is 2.17. The van der Waals surface area contributed by atoms with Crippen molar-refractivity contribution in [3.05, 3.63) is 83.9 Å². The predicted molar refractivity (Wildman–Crippen MR) is 181 cm³/mol. The minimum atomic E-state index is -1.19. The SMILES string of the molecule is CC(C)(C)NC(=O)C(Cc1ccc(OCc2ccccc2)cc1)NC(=O)C(Cc1cn(C(=O)OC(C)(C)C)cn1)NC(=O)OC(C)(C)C. The largest absolute Gasteiger partial charge is 0.489 e. The molecular weight excluding hydrogens is 614 g/mol. The average molecular weight is 664 g/mol. The number of carbonyl (C=O) groups is 4. The smallest absolute Gasteiger partial charge is 0.419 e. The second-order valence-corrected chi connectivity index (χ2v) is 14.6. The van der Waals surface area contributed by atoms with E-state index >= 15 is 0 Å². The fourth-order valence-electron chi connectivity index (χ4n) is 4.39. The van der Waals surface area contributed by atoms with Crippen LogP contribution in [0.4, 0.5) is 9.59 Å². The molecule has 2 unspecified atom stereocenters. The Kier molecular flexibility index (Phi) is 12.4. The fourth-order valence-corrected chi connectivity index (χ4v) is 4.39. The molecule has 0 bridgehead atoms. The Bertz CT molecular complexity index is 1530.